The molecule has 1 N–H and O–H groups in total. The van der Waals surface area contributed by atoms with Crippen molar-refractivity contribution in [3.63, 3.8) is 0 Å². The maximum absolute atomic E-state index is 12.4. The number of nitriles is 1. The highest BCUT2D eigenvalue weighted by Crippen LogP contribution is 2.49. The van der Waals surface area contributed by atoms with Gasteiger partial charge in [0.15, 0.2) is 0 Å². The summed E-state index contributed by atoms with van der Waals surface area (Å²) in [5.41, 5.74) is 4.45. The van der Waals surface area contributed by atoms with Gasteiger partial charge in [0, 0.05) is 29.5 Å². The van der Waals surface area contributed by atoms with E-state index in [1.165, 1.54) is 0 Å². The number of carbonyl (C=O) groups is 1. The molecule has 32 heavy (non-hydrogen) atoms. The predicted octanol–water partition coefficient (Wildman–Crippen LogP) is 5.91. The summed E-state index contributed by atoms with van der Waals surface area (Å²) in [6.45, 7) is 6.88. The van der Waals surface area contributed by atoms with E-state index in [1.54, 1.807) is 12.1 Å². The van der Waals surface area contributed by atoms with Gasteiger partial charge < -0.3 is 15.0 Å². The van der Waals surface area contributed by atoms with Crippen LogP contribution >= 0.6 is 0 Å². The zero-order chi connectivity index (χ0) is 22.7. The fourth-order valence-corrected chi connectivity index (χ4v) is 4.32. The number of nitrogens with zero attached hydrogens (tertiary/aromatic N) is 2. The quantitative estimate of drug-likeness (QED) is 0.533. The molecule has 3 aromatic rings. The summed E-state index contributed by atoms with van der Waals surface area (Å²) < 4.78 is 5.88. The van der Waals surface area contributed by atoms with Crippen molar-refractivity contribution >= 4 is 17.3 Å². The van der Waals surface area contributed by atoms with Crippen LogP contribution in [0.2, 0.25) is 0 Å². The molecular weight excluding hydrogens is 398 g/mol. The van der Waals surface area contributed by atoms with Crippen molar-refractivity contribution in [3.8, 4) is 11.8 Å². The van der Waals surface area contributed by atoms with E-state index in [-0.39, 0.29) is 24.0 Å². The minimum absolute atomic E-state index is 0.0886. The molecule has 4 rings (SSSR count). The Morgan fingerprint density at radius 2 is 1.81 bits per heavy atom. The molecule has 0 aliphatic carbocycles. The Kier molecular flexibility index (Phi) is 6.13. The summed E-state index contributed by atoms with van der Waals surface area (Å²) in [4.78, 5) is 14.7. The van der Waals surface area contributed by atoms with Crippen LogP contribution < -0.4 is 15.0 Å². The molecular formula is C27H27N3O2. The van der Waals surface area contributed by atoms with E-state index >= 15 is 0 Å². The van der Waals surface area contributed by atoms with Gasteiger partial charge >= 0.3 is 0 Å². The zero-order valence-electron chi connectivity index (χ0n) is 18.6. The number of fused-ring (bicyclic) bond motifs is 1. The van der Waals surface area contributed by atoms with E-state index in [1.807, 2.05) is 74.5 Å². The molecule has 0 spiro atoms. The van der Waals surface area contributed by atoms with Gasteiger partial charge in [0.2, 0.25) is 0 Å². The topological polar surface area (TPSA) is 65.4 Å². The Morgan fingerprint density at radius 3 is 2.44 bits per heavy atom. The van der Waals surface area contributed by atoms with Crippen LogP contribution in [-0.2, 0) is 0 Å². The Labute approximate surface area is 189 Å². The third kappa shape index (κ3) is 4.17. The molecule has 0 fully saturated rings. The van der Waals surface area contributed by atoms with Crippen molar-refractivity contribution < 1.29 is 9.53 Å². The highest BCUT2D eigenvalue weighted by atomic mass is 16.5. The number of benzene rings is 3. The molecule has 2 atom stereocenters. The Bertz CT molecular complexity index is 1130. The van der Waals surface area contributed by atoms with Crippen molar-refractivity contribution in [2.45, 2.75) is 38.8 Å². The maximum Gasteiger partial charge on any atom is 0.255 e. The number of ether oxygens (including phenoxy) is 1. The van der Waals surface area contributed by atoms with Gasteiger partial charge in [0.25, 0.3) is 5.91 Å². The Morgan fingerprint density at radius 1 is 1.09 bits per heavy atom. The average molecular weight is 426 g/mol. The third-order valence-electron chi connectivity index (χ3n) is 5.70. The van der Waals surface area contributed by atoms with Crippen LogP contribution in [0.5, 0.6) is 5.75 Å². The number of hydrogen-bond donors (Lipinski definition) is 1. The van der Waals surface area contributed by atoms with Crippen LogP contribution in [0.1, 0.15) is 54.2 Å². The van der Waals surface area contributed by atoms with Gasteiger partial charge in [-0.15, -0.1) is 0 Å². The fraction of sp³-hybridized carbons (Fsp3) is 0.259. The summed E-state index contributed by atoms with van der Waals surface area (Å²) in [6.07, 6.45) is 0.0886. The lowest BCUT2D eigenvalue weighted by atomic mass is 9.91. The first-order valence-corrected chi connectivity index (χ1v) is 10.9. The molecule has 0 radical (unpaired) electrons. The Balaban J connectivity index is 1.59. The van der Waals surface area contributed by atoms with Gasteiger partial charge in [0.1, 0.15) is 5.75 Å². The van der Waals surface area contributed by atoms with E-state index in [4.69, 9.17) is 4.74 Å². The van der Waals surface area contributed by atoms with Crippen LogP contribution in [0.4, 0.5) is 11.4 Å². The zero-order valence-corrected chi connectivity index (χ0v) is 18.6. The number of carbonyl (C=O) groups excluding carboxylic acids is 1. The van der Waals surface area contributed by atoms with Crippen LogP contribution in [-0.4, -0.2) is 18.6 Å². The fourth-order valence-electron chi connectivity index (χ4n) is 4.32. The molecule has 1 aliphatic heterocycles. The molecule has 0 aromatic heterocycles. The van der Waals surface area contributed by atoms with Gasteiger partial charge in [-0.25, -0.2) is 0 Å². The lowest BCUT2D eigenvalue weighted by molar-refractivity contribution is 0.102. The summed E-state index contributed by atoms with van der Waals surface area (Å²) in [5, 5.41) is 12.9. The number of rotatable bonds is 6. The van der Waals surface area contributed by atoms with Gasteiger partial charge in [-0.3, -0.25) is 4.79 Å². The van der Waals surface area contributed by atoms with Crippen LogP contribution in [0.25, 0.3) is 0 Å². The number of hydrogen-bond acceptors (Lipinski definition) is 4. The summed E-state index contributed by atoms with van der Waals surface area (Å²) in [5.74, 6) is 0.394. The molecule has 3 aromatic carbocycles. The maximum atomic E-state index is 12.4. The molecule has 0 saturated carbocycles. The number of likely N-dealkylation sites (N-methyl/N-ethyl adjacent to an activating group) is 1. The van der Waals surface area contributed by atoms with Gasteiger partial charge in [-0.2, -0.15) is 5.26 Å². The van der Waals surface area contributed by atoms with Gasteiger partial charge in [-0.1, -0.05) is 36.4 Å². The predicted molar refractivity (Wildman–Crippen MR) is 127 cm³/mol. The lowest BCUT2D eigenvalue weighted by Crippen LogP contribution is -2.26. The largest absolute Gasteiger partial charge is 0.491 e. The molecule has 1 heterocycles. The molecule has 0 bridgehead atoms. The minimum atomic E-state index is -0.275. The van der Waals surface area contributed by atoms with Gasteiger partial charge in [0.05, 0.1) is 24.1 Å². The molecule has 2 unspecified atom stereocenters. The molecule has 0 saturated heterocycles. The van der Waals surface area contributed by atoms with E-state index in [9.17, 15) is 10.1 Å². The van der Waals surface area contributed by atoms with E-state index in [0.29, 0.717) is 5.56 Å². The first-order valence-electron chi connectivity index (χ1n) is 10.9. The van der Waals surface area contributed by atoms with Crippen LogP contribution in [0.15, 0.2) is 72.8 Å². The lowest BCUT2D eigenvalue weighted by Gasteiger charge is -2.28. The molecule has 5 heteroatoms. The highest BCUT2D eigenvalue weighted by molar-refractivity contribution is 6.04. The summed E-state index contributed by atoms with van der Waals surface area (Å²) in [6, 6.07) is 25.3. The van der Waals surface area contributed by atoms with E-state index in [2.05, 4.69) is 23.2 Å². The molecule has 1 aliphatic rings. The second-order valence-electron chi connectivity index (χ2n) is 8.17. The monoisotopic (exact) mass is 425 g/mol. The first kappa shape index (κ1) is 21.5. The number of nitrogens with one attached hydrogen (secondary N) is 1. The minimum Gasteiger partial charge on any atom is -0.491 e. The van der Waals surface area contributed by atoms with E-state index in [0.717, 1.165) is 34.8 Å². The average Bonchev–Trinajstić information content (AvgIpc) is 3.12. The molecule has 162 valence electrons. The van der Waals surface area contributed by atoms with Crippen molar-refractivity contribution in [2.75, 3.05) is 16.8 Å². The molecule has 1 amide bonds. The standard InChI is InChI=1S/C27H27N3O2/c1-4-30-25-16-22(32-18(2)3)14-15-23(25)24(17-28)26(30)19-10-12-21(13-11-19)29-27(31)20-8-6-5-7-9-20/h5-16,18,24,26H,4H2,1-3H3,(H,29,31). The van der Waals surface area contributed by atoms with Crippen molar-refractivity contribution in [1.82, 2.24) is 0 Å². The number of amides is 1. The normalized spacial score (nSPS) is 17.0. The van der Waals surface area contributed by atoms with Crippen molar-refractivity contribution in [3.05, 3.63) is 89.5 Å². The first-order chi connectivity index (χ1) is 15.5. The third-order valence-corrected chi connectivity index (χ3v) is 5.70. The summed E-state index contributed by atoms with van der Waals surface area (Å²) in [7, 11) is 0. The molecule has 5 nitrogen and oxygen atoms in total. The summed E-state index contributed by atoms with van der Waals surface area (Å²) >= 11 is 0. The highest BCUT2D eigenvalue weighted by Gasteiger charge is 2.39. The SMILES string of the molecule is CCN1c2cc(OC(C)C)ccc2C(C#N)C1c1ccc(NC(=O)c2ccccc2)cc1. The second kappa shape index (κ2) is 9.15. The van der Waals surface area contributed by atoms with Gasteiger partial charge in [-0.05, 0) is 62.2 Å². The smallest absolute Gasteiger partial charge is 0.255 e. The Hall–Kier alpha value is -3.78. The second-order valence-corrected chi connectivity index (χ2v) is 8.17. The van der Waals surface area contributed by atoms with E-state index < -0.39 is 0 Å². The number of anilines is 2. The van der Waals surface area contributed by atoms with Crippen LogP contribution in [0.3, 0.4) is 0 Å². The van der Waals surface area contributed by atoms with Crippen LogP contribution in [0, 0.1) is 11.3 Å². The van der Waals surface area contributed by atoms with Crippen molar-refractivity contribution in [1.29, 1.82) is 5.26 Å². The van der Waals surface area contributed by atoms with Crippen molar-refractivity contribution in [2.24, 2.45) is 0 Å².